The van der Waals surface area contributed by atoms with Crippen LogP contribution in [0.2, 0.25) is 0 Å². The summed E-state index contributed by atoms with van der Waals surface area (Å²) in [5.41, 5.74) is 1.50. The maximum absolute atomic E-state index is 12.7. The minimum atomic E-state index is -0.622. The van der Waals surface area contributed by atoms with E-state index in [1.54, 1.807) is 32.4 Å². The van der Waals surface area contributed by atoms with E-state index in [0.717, 1.165) is 11.1 Å². The van der Waals surface area contributed by atoms with Crippen LogP contribution in [0, 0.1) is 0 Å². The standard InChI is InChI=1S/C22H22O6/c1-22(2)11-15(23)13-6-8-17-20(21(13)28-22)14(10-19(24)27-17)12-5-7-16(25-3)18(9-12)26-4/h5-9,14H,10-11H2,1-4H3/t14-/m1/s1. The van der Waals surface area contributed by atoms with Crippen LogP contribution >= 0.6 is 0 Å². The van der Waals surface area contributed by atoms with Crippen LogP contribution in [0.25, 0.3) is 0 Å². The Hall–Kier alpha value is -3.02. The molecule has 0 bridgehead atoms. The first kappa shape index (κ1) is 18.3. The fourth-order valence-corrected chi connectivity index (χ4v) is 3.91. The number of fused-ring (bicyclic) bond motifs is 3. The molecule has 1 atom stereocenters. The van der Waals surface area contributed by atoms with Crippen molar-refractivity contribution in [2.75, 3.05) is 14.2 Å². The quantitative estimate of drug-likeness (QED) is 0.592. The molecular formula is C22H22O6. The Morgan fingerprint density at radius 1 is 1.04 bits per heavy atom. The first-order valence-corrected chi connectivity index (χ1v) is 9.14. The molecule has 2 aliphatic heterocycles. The molecule has 6 heteroatoms. The third-order valence-electron chi connectivity index (χ3n) is 5.17. The van der Waals surface area contributed by atoms with Gasteiger partial charge < -0.3 is 18.9 Å². The van der Waals surface area contributed by atoms with Gasteiger partial charge in [-0.3, -0.25) is 9.59 Å². The van der Waals surface area contributed by atoms with E-state index in [4.69, 9.17) is 18.9 Å². The van der Waals surface area contributed by atoms with Gasteiger partial charge >= 0.3 is 5.97 Å². The molecule has 0 aliphatic carbocycles. The molecule has 2 aliphatic rings. The van der Waals surface area contributed by atoms with Gasteiger partial charge in [-0.05, 0) is 43.7 Å². The Labute approximate surface area is 163 Å². The van der Waals surface area contributed by atoms with Crippen LogP contribution in [0.3, 0.4) is 0 Å². The summed E-state index contributed by atoms with van der Waals surface area (Å²) in [4.78, 5) is 24.9. The van der Waals surface area contributed by atoms with Crippen molar-refractivity contribution in [3.05, 3.63) is 47.0 Å². The number of rotatable bonds is 3. The van der Waals surface area contributed by atoms with Gasteiger partial charge in [0.1, 0.15) is 17.1 Å². The summed E-state index contributed by atoms with van der Waals surface area (Å²) in [5, 5.41) is 0. The molecule has 0 fully saturated rings. The zero-order valence-corrected chi connectivity index (χ0v) is 16.3. The van der Waals surface area contributed by atoms with E-state index < -0.39 is 5.60 Å². The van der Waals surface area contributed by atoms with Crippen LogP contribution in [-0.4, -0.2) is 31.6 Å². The second-order valence-electron chi connectivity index (χ2n) is 7.66. The number of hydrogen-bond donors (Lipinski definition) is 0. The fourth-order valence-electron chi connectivity index (χ4n) is 3.91. The lowest BCUT2D eigenvalue weighted by molar-refractivity contribution is -0.135. The summed E-state index contributed by atoms with van der Waals surface area (Å²) < 4.78 is 22.4. The van der Waals surface area contributed by atoms with Crippen molar-refractivity contribution in [2.45, 2.75) is 38.2 Å². The molecule has 0 saturated heterocycles. The summed E-state index contributed by atoms with van der Waals surface area (Å²) in [7, 11) is 3.14. The molecular weight excluding hydrogens is 360 g/mol. The minimum absolute atomic E-state index is 0.0250. The van der Waals surface area contributed by atoms with Crippen LogP contribution < -0.4 is 18.9 Å². The highest BCUT2D eigenvalue weighted by Crippen LogP contribution is 2.49. The van der Waals surface area contributed by atoms with Gasteiger partial charge in [0.2, 0.25) is 0 Å². The zero-order chi connectivity index (χ0) is 20.1. The highest BCUT2D eigenvalue weighted by molar-refractivity contribution is 6.01. The first-order valence-electron chi connectivity index (χ1n) is 9.14. The molecule has 0 unspecified atom stereocenters. The van der Waals surface area contributed by atoms with Gasteiger partial charge in [0.05, 0.1) is 32.6 Å². The number of carbonyl (C=O) groups is 2. The van der Waals surface area contributed by atoms with Gasteiger partial charge in [0, 0.05) is 11.5 Å². The van der Waals surface area contributed by atoms with E-state index in [9.17, 15) is 9.59 Å². The van der Waals surface area contributed by atoms with Gasteiger partial charge in [0.25, 0.3) is 0 Å². The fraction of sp³-hybridized carbons (Fsp3) is 0.364. The molecule has 6 nitrogen and oxygen atoms in total. The smallest absolute Gasteiger partial charge is 0.312 e. The molecule has 4 rings (SSSR count). The minimum Gasteiger partial charge on any atom is -0.493 e. The number of Topliss-reactive ketones (excluding diaryl/α,β-unsaturated/α-hetero) is 1. The van der Waals surface area contributed by atoms with E-state index in [2.05, 4.69) is 0 Å². The van der Waals surface area contributed by atoms with Crippen molar-refractivity contribution in [3.63, 3.8) is 0 Å². The predicted molar refractivity (Wildman–Crippen MR) is 102 cm³/mol. The van der Waals surface area contributed by atoms with E-state index >= 15 is 0 Å². The molecule has 0 saturated carbocycles. The highest BCUT2D eigenvalue weighted by atomic mass is 16.5. The molecule has 2 aromatic carbocycles. The van der Waals surface area contributed by atoms with E-state index in [-0.39, 0.29) is 24.1 Å². The molecule has 2 aromatic rings. The van der Waals surface area contributed by atoms with Gasteiger partial charge in [0.15, 0.2) is 17.3 Å². The third kappa shape index (κ3) is 2.99. The SMILES string of the molecule is COc1ccc([C@H]2CC(=O)Oc3ccc4c(c32)OC(C)(C)CC4=O)cc1OC. The van der Waals surface area contributed by atoms with Gasteiger partial charge in [-0.25, -0.2) is 0 Å². The Balaban J connectivity index is 1.90. The highest BCUT2D eigenvalue weighted by Gasteiger charge is 2.40. The number of esters is 1. The second kappa shape index (κ2) is 6.55. The third-order valence-corrected chi connectivity index (χ3v) is 5.17. The number of methoxy groups -OCH3 is 2. The first-order chi connectivity index (χ1) is 13.3. The molecule has 0 amide bonds. The van der Waals surface area contributed by atoms with E-state index in [0.29, 0.717) is 35.0 Å². The molecule has 28 heavy (non-hydrogen) atoms. The van der Waals surface area contributed by atoms with Gasteiger partial charge in [-0.1, -0.05) is 6.07 Å². The summed E-state index contributed by atoms with van der Waals surface area (Å²) >= 11 is 0. The molecule has 0 radical (unpaired) electrons. The Morgan fingerprint density at radius 2 is 1.79 bits per heavy atom. The molecule has 0 N–H and O–H groups in total. The van der Waals surface area contributed by atoms with Crippen LogP contribution in [0.4, 0.5) is 0 Å². The van der Waals surface area contributed by atoms with Crippen LogP contribution in [0.15, 0.2) is 30.3 Å². The van der Waals surface area contributed by atoms with Crippen LogP contribution in [0.5, 0.6) is 23.0 Å². The Morgan fingerprint density at radius 3 is 2.50 bits per heavy atom. The maximum atomic E-state index is 12.7. The average molecular weight is 382 g/mol. The van der Waals surface area contributed by atoms with Crippen molar-refractivity contribution in [2.24, 2.45) is 0 Å². The van der Waals surface area contributed by atoms with Gasteiger partial charge in [-0.2, -0.15) is 0 Å². The lowest BCUT2D eigenvalue weighted by Gasteiger charge is -2.36. The van der Waals surface area contributed by atoms with Gasteiger partial charge in [-0.15, -0.1) is 0 Å². The monoisotopic (exact) mass is 382 g/mol. The number of ketones is 1. The van der Waals surface area contributed by atoms with Crippen LogP contribution in [-0.2, 0) is 4.79 Å². The Kier molecular flexibility index (Phi) is 4.29. The summed E-state index contributed by atoms with van der Waals surface area (Å²) in [5.74, 6) is 1.50. The van der Waals surface area contributed by atoms with Crippen molar-refractivity contribution in [1.29, 1.82) is 0 Å². The average Bonchev–Trinajstić information content (AvgIpc) is 2.65. The predicted octanol–water partition coefficient (Wildman–Crippen LogP) is 3.89. The maximum Gasteiger partial charge on any atom is 0.312 e. The largest absolute Gasteiger partial charge is 0.493 e. The number of carbonyl (C=O) groups excluding carboxylic acids is 2. The van der Waals surface area contributed by atoms with Crippen molar-refractivity contribution in [3.8, 4) is 23.0 Å². The Bertz CT molecular complexity index is 975. The summed E-state index contributed by atoms with van der Waals surface area (Å²) in [6.45, 7) is 3.76. The molecule has 146 valence electrons. The molecule has 0 spiro atoms. The lowest BCUT2D eigenvalue weighted by Crippen LogP contribution is -2.37. The molecule has 2 heterocycles. The normalized spacial score (nSPS) is 19.8. The van der Waals surface area contributed by atoms with Crippen molar-refractivity contribution >= 4 is 11.8 Å². The lowest BCUT2D eigenvalue weighted by atomic mass is 9.82. The second-order valence-corrected chi connectivity index (χ2v) is 7.66. The summed E-state index contributed by atoms with van der Waals surface area (Å²) in [6, 6.07) is 8.90. The topological polar surface area (TPSA) is 71.1 Å². The van der Waals surface area contributed by atoms with Crippen LogP contribution in [0.1, 0.15) is 54.1 Å². The van der Waals surface area contributed by atoms with E-state index in [1.807, 2.05) is 26.0 Å². The number of hydrogen-bond acceptors (Lipinski definition) is 6. The number of ether oxygens (including phenoxy) is 4. The molecule has 0 aromatic heterocycles. The van der Waals surface area contributed by atoms with Crippen molar-refractivity contribution < 1.29 is 28.5 Å². The number of benzene rings is 2. The van der Waals surface area contributed by atoms with E-state index in [1.165, 1.54) is 0 Å². The summed E-state index contributed by atoms with van der Waals surface area (Å²) in [6.07, 6.45) is 0.455. The zero-order valence-electron chi connectivity index (χ0n) is 16.3. The van der Waals surface area contributed by atoms with Crippen molar-refractivity contribution in [1.82, 2.24) is 0 Å².